The number of nitrogens with two attached hydrogens (primary N) is 1. The Labute approximate surface area is 132 Å². The van der Waals surface area contributed by atoms with Gasteiger partial charge < -0.3 is 15.7 Å². The average molecular weight is 308 g/mol. The normalized spacial score (nSPS) is 34.8. The van der Waals surface area contributed by atoms with Crippen molar-refractivity contribution in [3.05, 3.63) is 0 Å². The molecule has 3 unspecified atom stereocenters. The third-order valence-electron chi connectivity index (χ3n) is 6.25. The summed E-state index contributed by atoms with van der Waals surface area (Å²) in [5.74, 6) is 1.31. The van der Waals surface area contributed by atoms with Gasteiger partial charge in [0, 0.05) is 31.8 Å². The Hall–Kier alpha value is -1.10. The molecule has 0 spiro atoms. The third kappa shape index (κ3) is 3.00. The number of carbonyl (C=O) groups excluding carboxylic acids is 2. The van der Waals surface area contributed by atoms with Gasteiger partial charge in [0.05, 0.1) is 0 Å². The van der Waals surface area contributed by atoms with Gasteiger partial charge in [-0.3, -0.25) is 9.59 Å². The quantitative estimate of drug-likeness (QED) is 0.809. The fourth-order valence-electron chi connectivity index (χ4n) is 4.70. The van der Waals surface area contributed by atoms with E-state index in [1.54, 1.807) is 0 Å². The number of amides is 2. The molecule has 5 heteroatoms. The second-order valence-electron chi connectivity index (χ2n) is 7.54. The van der Waals surface area contributed by atoms with Crippen molar-refractivity contribution in [2.75, 3.05) is 13.1 Å². The Morgan fingerprint density at radius 2 is 1.64 bits per heavy atom. The van der Waals surface area contributed by atoms with Gasteiger partial charge in [-0.15, -0.1) is 0 Å². The highest BCUT2D eigenvalue weighted by atomic mass is 16.3. The maximum absolute atomic E-state index is 12.7. The number of aliphatic hydroxyl groups is 1. The molecule has 1 heterocycles. The SMILES string of the molecule is NC(=O)C1(O)CCN(C(=O)C2CCC3CCCCC3C2)CC1. The molecule has 3 rings (SSSR count). The number of primary amides is 1. The van der Waals surface area contributed by atoms with Crippen molar-refractivity contribution in [1.82, 2.24) is 4.90 Å². The van der Waals surface area contributed by atoms with Crippen LogP contribution in [0.3, 0.4) is 0 Å². The van der Waals surface area contributed by atoms with Gasteiger partial charge >= 0.3 is 0 Å². The Kier molecular flexibility index (Phi) is 4.44. The van der Waals surface area contributed by atoms with Crippen LogP contribution in [-0.2, 0) is 9.59 Å². The summed E-state index contributed by atoms with van der Waals surface area (Å²) in [7, 11) is 0. The number of piperidine rings is 1. The van der Waals surface area contributed by atoms with Gasteiger partial charge in [0.25, 0.3) is 0 Å². The van der Waals surface area contributed by atoms with Crippen molar-refractivity contribution < 1.29 is 14.7 Å². The minimum atomic E-state index is -1.42. The standard InChI is InChI=1S/C17H28N2O3/c18-16(21)17(22)7-9-19(10-8-17)15(20)14-6-5-12-3-1-2-4-13(12)11-14/h12-14,22H,1-11H2,(H2,18,21). The molecule has 2 amide bonds. The van der Waals surface area contributed by atoms with Crippen molar-refractivity contribution >= 4 is 11.8 Å². The summed E-state index contributed by atoms with van der Waals surface area (Å²) in [6.45, 7) is 0.895. The highest BCUT2D eigenvalue weighted by molar-refractivity contribution is 5.84. The van der Waals surface area contributed by atoms with Gasteiger partial charge in [-0.2, -0.15) is 0 Å². The maximum Gasteiger partial charge on any atom is 0.249 e. The molecule has 124 valence electrons. The van der Waals surface area contributed by atoms with Gasteiger partial charge in [0.2, 0.25) is 11.8 Å². The van der Waals surface area contributed by atoms with Crippen LogP contribution in [0.25, 0.3) is 0 Å². The van der Waals surface area contributed by atoms with E-state index in [4.69, 9.17) is 5.73 Å². The molecule has 0 radical (unpaired) electrons. The van der Waals surface area contributed by atoms with Gasteiger partial charge in [-0.25, -0.2) is 0 Å². The van der Waals surface area contributed by atoms with Crippen molar-refractivity contribution in [2.24, 2.45) is 23.5 Å². The van der Waals surface area contributed by atoms with Crippen LogP contribution < -0.4 is 5.73 Å². The number of hydrogen-bond acceptors (Lipinski definition) is 3. The molecular weight excluding hydrogens is 280 g/mol. The number of carbonyl (C=O) groups is 2. The van der Waals surface area contributed by atoms with E-state index in [1.165, 1.54) is 32.1 Å². The van der Waals surface area contributed by atoms with Crippen LogP contribution in [0.1, 0.15) is 57.8 Å². The number of rotatable bonds is 2. The predicted molar refractivity (Wildman–Crippen MR) is 82.7 cm³/mol. The van der Waals surface area contributed by atoms with E-state index in [0.717, 1.165) is 24.7 Å². The van der Waals surface area contributed by atoms with E-state index < -0.39 is 11.5 Å². The van der Waals surface area contributed by atoms with Crippen LogP contribution in [0.15, 0.2) is 0 Å². The highest BCUT2D eigenvalue weighted by Crippen LogP contribution is 2.43. The molecule has 3 atom stereocenters. The lowest BCUT2D eigenvalue weighted by atomic mass is 9.67. The minimum Gasteiger partial charge on any atom is -0.380 e. The Morgan fingerprint density at radius 3 is 2.27 bits per heavy atom. The molecule has 22 heavy (non-hydrogen) atoms. The van der Waals surface area contributed by atoms with Crippen molar-refractivity contribution in [3.8, 4) is 0 Å². The molecule has 2 aliphatic carbocycles. The van der Waals surface area contributed by atoms with Crippen LogP contribution >= 0.6 is 0 Å². The lowest BCUT2D eigenvalue weighted by molar-refractivity contribution is -0.149. The van der Waals surface area contributed by atoms with Crippen LogP contribution in [0.5, 0.6) is 0 Å². The first-order chi connectivity index (χ1) is 10.5. The number of likely N-dealkylation sites (tertiary alicyclic amines) is 1. The zero-order valence-corrected chi connectivity index (χ0v) is 13.3. The van der Waals surface area contributed by atoms with Crippen molar-refractivity contribution in [2.45, 2.75) is 63.4 Å². The Bertz CT molecular complexity index is 443. The molecule has 0 aromatic rings. The van der Waals surface area contributed by atoms with E-state index in [1.807, 2.05) is 4.90 Å². The molecule has 5 nitrogen and oxygen atoms in total. The molecule has 3 N–H and O–H groups in total. The molecule has 3 aliphatic rings. The van der Waals surface area contributed by atoms with E-state index in [9.17, 15) is 14.7 Å². The first-order valence-electron chi connectivity index (χ1n) is 8.81. The zero-order valence-electron chi connectivity index (χ0n) is 13.3. The van der Waals surface area contributed by atoms with E-state index in [0.29, 0.717) is 13.1 Å². The smallest absolute Gasteiger partial charge is 0.249 e. The summed E-state index contributed by atoms with van der Waals surface area (Å²) < 4.78 is 0. The Balaban J connectivity index is 1.55. The van der Waals surface area contributed by atoms with Gasteiger partial charge in [0.1, 0.15) is 5.60 Å². The minimum absolute atomic E-state index is 0.152. The second-order valence-corrected chi connectivity index (χ2v) is 7.54. The molecule has 0 aromatic carbocycles. The van der Waals surface area contributed by atoms with E-state index in [-0.39, 0.29) is 24.7 Å². The van der Waals surface area contributed by atoms with Crippen LogP contribution in [0.2, 0.25) is 0 Å². The topological polar surface area (TPSA) is 83.6 Å². The highest BCUT2D eigenvalue weighted by Gasteiger charge is 2.41. The van der Waals surface area contributed by atoms with Crippen LogP contribution in [-0.4, -0.2) is 40.5 Å². The molecule has 3 fully saturated rings. The molecular formula is C17H28N2O3. The summed E-state index contributed by atoms with van der Waals surface area (Å²) in [6.07, 6.45) is 9.10. The summed E-state index contributed by atoms with van der Waals surface area (Å²) in [5, 5.41) is 10.1. The van der Waals surface area contributed by atoms with Crippen LogP contribution in [0, 0.1) is 17.8 Å². The Morgan fingerprint density at radius 1 is 1.00 bits per heavy atom. The van der Waals surface area contributed by atoms with Crippen molar-refractivity contribution in [3.63, 3.8) is 0 Å². The molecule has 2 saturated carbocycles. The van der Waals surface area contributed by atoms with E-state index >= 15 is 0 Å². The van der Waals surface area contributed by atoms with Gasteiger partial charge in [0.15, 0.2) is 0 Å². The summed E-state index contributed by atoms with van der Waals surface area (Å²) in [6, 6.07) is 0. The lowest BCUT2D eigenvalue weighted by Gasteiger charge is -2.42. The monoisotopic (exact) mass is 308 g/mol. The molecule has 0 bridgehead atoms. The first-order valence-corrected chi connectivity index (χ1v) is 8.81. The largest absolute Gasteiger partial charge is 0.380 e. The fourth-order valence-corrected chi connectivity index (χ4v) is 4.70. The zero-order chi connectivity index (χ0) is 15.7. The second kappa shape index (κ2) is 6.19. The lowest BCUT2D eigenvalue weighted by Crippen LogP contribution is -2.54. The number of nitrogens with zero attached hydrogens (tertiary/aromatic N) is 1. The van der Waals surface area contributed by atoms with Crippen molar-refractivity contribution in [1.29, 1.82) is 0 Å². The van der Waals surface area contributed by atoms with Crippen LogP contribution in [0.4, 0.5) is 0 Å². The molecule has 1 saturated heterocycles. The molecule has 0 aromatic heterocycles. The average Bonchev–Trinajstić information content (AvgIpc) is 2.54. The van der Waals surface area contributed by atoms with Gasteiger partial charge in [-0.05, 0) is 31.1 Å². The first kappa shape index (κ1) is 15.8. The third-order valence-corrected chi connectivity index (χ3v) is 6.25. The van der Waals surface area contributed by atoms with Gasteiger partial charge in [-0.1, -0.05) is 25.7 Å². The number of hydrogen-bond donors (Lipinski definition) is 2. The summed E-state index contributed by atoms with van der Waals surface area (Å²) >= 11 is 0. The predicted octanol–water partition coefficient (Wildman–Crippen LogP) is 1.43. The summed E-state index contributed by atoms with van der Waals surface area (Å²) in [5.41, 5.74) is 3.83. The fraction of sp³-hybridized carbons (Fsp3) is 0.882. The summed E-state index contributed by atoms with van der Waals surface area (Å²) in [4.78, 5) is 25.9. The number of fused-ring (bicyclic) bond motifs is 1. The molecule has 1 aliphatic heterocycles. The maximum atomic E-state index is 12.7. The van der Waals surface area contributed by atoms with E-state index in [2.05, 4.69) is 0 Å².